The van der Waals surface area contributed by atoms with Gasteiger partial charge < -0.3 is 5.32 Å². The van der Waals surface area contributed by atoms with Gasteiger partial charge in [-0.1, -0.05) is 0 Å². The molecule has 124 valence electrons. The lowest BCUT2D eigenvalue weighted by Gasteiger charge is -2.11. The molecule has 0 spiro atoms. The third kappa shape index (κ3) is 3.96. The number of amides is 1. The Kier molecular flexibility index (Phi) is 5.17. The van der Waals surface area contributed by atoms with E-state index in [4.69, 9.17) is 0 Å². The minimum absolute atomic E-state index is 0.156. The van der Waals surface area contributed by atoms with Crippen LogP contribution in [0.4, 0.5) is 0 Å². The van der Waals surface area contributed by atoms with E-state index in [2.05, 4.69) is 10.4 Å². The lowest BCUT2D eigenvalue weighted by molar-refractivity contribution is 0.0951. The Bertz CT molecular complexity index is 779. The molecule has 1 aromatic heterocycles. The van der Waals surface area contributed by atoms with Gasteiger partial charge >= 0.3 is 0 Å². The second-order valence-corrected chi connectivity index (χ2v) is 7.35. The van der Waals surface area contributed by atoms with E-state index in [0.717, 1.165) is 16.4 Å². The average Bonchev–Trinajstić information content (AvgIpc) is 3.00. The Balaban J connectivity index is 2.03. The van der Waals surface area contributed by atoms with Crippen molar-refractivity contribution in [1.82, 2.24) is 19.4 Å². The van der Waals surface area contributed by atoms with Crippen LogP contribution in [0.1, 0.15) is 22.8 Å². The lowest BCUT2D eigenvalue weighted by atomic mass is 10.2. The number of nitrogens with one attached hydrogen (secondary N) is 1. The molecule has 1 N–H and O–H groups in total. The first-order chi connectivity index (χ1) is 10.8. The molecule has 1 amide bonds. The number of benzene rings is 1. The van der Waals surface area contributed by atoms with Crippen LogP contribution in [-0.2, 0) is 23.1 Å². The number of sulfonamides is 1. The molecule has 1 heterocycles. The first-order valence-corrected chi connectivity index (χ1v) is 8.60. The van der Waals surface area contributed by atoms with Crippen LogP contribution in [0, 0.1) is 0 Å². The molecule has 23 heavy (non-hydrogen) atoms. The normalized spacial score (nSPS) is 11.7. The molecule has 1 aromatic carbocycles. The summed E-state index contributed by atoms with van der Waals surface area (Å²) in [6.45, 7) is 3.13. The van der Waals surface area contributed by atoms with Crippen molar-refractivity contribution in [3.63, 3.8) is 0 Å². The van der Waals surface area contributed by atoms with E-state index in [-0.39, 0.29) is 10.8 Å². The fourth-order valence-electron chi connectivity index (χ4n) is 1.94. The molecule has 2 rings (SSSR count). The molecule has 8 heteroatoms. The van der Waals surface area contributed by atoms with E-state index in [1.807, 2.05) is 13.1 Å². The van der Waals surface area contributed by atoms with Gasteiger partial charge in [0.05, 0.1) is 11.1 Å². The van der Waals surface area contributed by atoms with Gasteiger partial charge in [-0.25, -0.2) is 12.7 Å². The molecule has 0 aliphatic rings. The maximum atomic E-state index is 12.1. The standard InChI is InChI=1S/C15H20N4O3S/c1-4-19-11-12(10-17-19)9-16-15(20)13-5-7-14(8-6-13)23(21,22)18(2)3/h5-8,10-11H,4,9H2,1-3H3,(H,16,20). The topological polar surface area (TPSA) is 84.3 Å². The summed E-state index contributed by atoms with van der Waals surface area (Å²) < 4.78 is 26.9. The van der Waals surface area contributed by atoms with Crippen LogP contribution in [-0.4, -0.2) is 42.5 Å². The van der Waals surface area contributed by atoms with E-state index >= 15 is 0 Å². The van der Waals surface area contributed by atoms with Crippen molar-refractivity contribution in [2.24, 2.45) is 0 Å². The van der Waals surface area contributed by atoms with Gasteiger partial charge in [0.2, 0.25) is 10.0 Å². The number of carbonyl (C=O) groups excluding carboxylic acids is 1. The van der Waals surface area contributed by atoms with E-state index < -0.39 is 10.0 Å². The van der Waals surface area contributed by atoms with Crippen molar-refractivity contribution in [3.05, 3.63) is 47.8 Å². The number of aryl methyl sites for hydroxylation is 1. The molecule has 2 aromatic rings. The van der Waals surface area contributed by atoms with Gasteiger partial charge in [0.15, 0.2) is 0 Å². The minimum atomic E-state index is -3.48. The maximum Gasteiger partial charge on any atom is 0.251 e. The molecule has 0 atom stereocenters. The highest BCUT2D eigenvalue weighted by molar-refractivity contribution is 7.89. The van der Waals surface area contributed by atoms with E-state index in [1.165, 1.54) is 38.4 Å². The number of hydrogen-bond donors (Lipinski definition) is 1. The average molecular weight is 336 g/mol. The number of rotatable bonds is 6. The van der Waals surface area contributed by atoms with Gasteiger partial charge in [-0.15, -0.1) is 0 Å². The number of carbonyl (C=O) groups is 1. The molecular formula is C15H20N4O3S. The Morgan fingerprint density at radius 1 is 1.26 bits per heavy atom. The number of aromatic nitrogens is 2. The van der Waals surface area contributed by atoms with Gasteiger partial charge in [0.1, 0.15) is 0 Å². The highest BCUT2D eigenvalue weighted by Gasteiger charge is 2.17. The van der Waals surface area contributed by atoms with Crippen LogP contribution in [0.2, 0.25) is 0 Å². The second-order valence-electron chi connectivity index (χ2n) is 5.20. The Labute approximate surface area is 136 Å². The molecule has 0 saturated carbocycles. The summed E-state index contributed by atoms with van der Waals surface area (Å²) in [7, 11) is -0.555. The van der Waals surface area contributed by atoms with Crippen molar-refractivity contribution in [1.29, 1.82) is 0 Å². The summed E-state index contributed by atoms with van der Waals surface area (Å²) in [5.74, 6) is -0.261. The maximum absolute atomic E-state index is 12.1. The summed E-state index contributed by atoms with van der Waals surface area (Å²) in [4.78, 5) is 12.2. The van der Waals surface area contributed by atoms with Gasteiger partial charge in [-0.3, -0.25) is 9.48 Å². The smallest absolute Gasteiger partial charge is 0.251 e. The summed E-state index contributed by atoms with van der Waals surface area (Å²) in [6.07, 6.45) is 3.57. The molecule has 0 unspecified atom stereocenters. The fourth-order valence-corrected chi connectivity index (χ4v) is 2.85. The summed E-state index contributed by atoms with van der Waals surface area (Å²) in [6, 6.07) is 5.86. The molecule has 0 bridgehead atoms. The van der Waals surface area contributed by atoms with E-state index in [9.17, 15) is 13.2 Å². The zero-order valence-corrected chi connectivity index (χ0v) is 14.2. The van der Waals surface area contributed by atoms with Crippen molar-refractivity contribution < 1.29 is 13.2 Å². The van der Waals surface area contributed by atoms with Crippen LogP contribution in [0.25, 0.3) is 0 Å². The van der Waals surface area contributed by atoms with Gasteiger partial charge in [0.25, 0.3) is 5.91 Å². The third-order valence-electron chi connectivity index (χ3n) is 3.36. The van der Waals surface area contributed by atoms with Crippen molar-refractivity contribution >= 4 is 15.9 Å². The van der Waals surface area contributed by atoms with Crippen molar-refractivity contribution in [2.75, 3.05) is 14.1 Å². The molecule has 0 radical (unpaired) electrons. The third-order valence-corrected chi connectivity index (χ3v) is 5.19. The van der Waals surface area contributed by atoms with E-state index in [0.29, 0.717) is 12.1 Å². The largest absolute Gasteiger partial charge is 0.348 e. The summed E-state index contributed by atoms with van der Waals surface area (Å²) >= 11 is 0. The van der Waals surface area contributed by atoms with Crippen LogP contribution in [0.3, 0.4) is 0 Å². The highest BCUT2D eigenvalue weighted by atomic mass is 32.2. The molecule has 0 aliphatic heterocycles. The summed E-state index contributed by atoms with van der Waals surface area (Å²) in [5.41, 5.74) is 1.32. The van der Waals surface area contributed by atoms with Crippen LogP contribution in [0.5, 0.6) is 0 Å². The molecule has 0 fully saturated rings. The fraction of sp³-hybridized carbons (Fsp3) is 0.333. The van der Waals surface area contributed by atoms with Crippen LogP contribution < -0.4 is 5.32 Å². The highest BCUT2D eigenvalue weighted by Crippen LogP contribution is 2.14. The van der Waals surface area contributed by atoms with Crippen LogP contribution >= 0.6 is 0 Å². The zero-order chi connectivity index (χ0) is 17.0. The molecular weight excluding hydrogens is 316 g/mol. The zero-order valence-electron chi connectivity index (χ0n) is 13.4. The van der Waals surface area contributed by atoms with Gasteiger partial charge in [-0.2, -0.15) is 5.10 Å². The predicted octanol–water partition coefficient (Wildman–Crippen LogP) is 1.08. The molecule has 7 nitrogen and oxygen atoms in total. The quantitative estimate of drug-likeness (QED) is 0.855. The number of hydrogen-bond acceptors (Lipinski definition) is 4. The Morgan fingerprint density at radius 3 is 2.43 bits per heavy atom. The molecule has 0 saturated heterocycles. The SMILES string of the molecule is CCn1cc(CNC(=O)c2ccc(S(=O)(=O)N(C)C)cc2)cn1. The molecule has 0 aliphatic carbocycles. The summed E-state index contributed by atoms with van der Waals surface area (Å²) in [5, 5.41) is 6.92. The second kappa shape index (κ2) is 6.93. The van der Waals surface area contributed by atoms with Gasteiger partial charge in [0, 0.05) is 44.5 Å². The lowest BCUT2D eigenvalue weighted by Crippen LogP contribution is -2.24. The Morgan fingerprint density at radius 2 is 1.91 bits per heavy atom. The first kappa shape index (κ1) is 17.2. The monoisotopic (exact) mass is 336 g/mol. The van der Waals surface area contributed by atoms with E-state index in [1.54, 1.807) is 10.9 Å². The predicted molar refractivity (Wildman–Crippen MR) is 86.4 cm³/mol. The Hall–Kier alpha value is -2.19. The van der Waals surface area contributed by atoms with Crippen molar-refractivity contribution in [3.8, 4) is 0 Å². The van der Waals surface area contributed by atoms with Crippen LogP contribution in [0.15, 0.2) is 41.6 Å². The van der Waals surface area contributed by atoms with Gasteiger partial charge in [-0.05, 0) is 31.2 Å². The van der Waals surface area contributed by atoms with Crippen molar-refractivity contribution in [2.45, 2.75) is 24.9 Å². The number of nitrogens with zero attached hydrogens (tertiary/aromatic N) is 3. The first-order valence-electron chi connectivity index (χ1n) is 7.16. The minimum Gasteiger partial charge on any atom is -0.348 e.